The van der Waals surface area contributed by atoms with Crippen LogP contribution >= 0.6 is 11.8 Å². The van der Waals surface area contributed by atoms with Gasteiger partial charge in [-0.05, 0) is 55.7 Å². The summed E-state index contributed by atoms with van der Waals surface area (Å²) < 4.78 is 0. The lowest BCUT2D eigenvalue weighted by Crippen LogP contribution is -2.25. The maximum Gasteiger partial charge on any atom is -0.00206 e. The molecule has 0 aliphatic heterocycles. The van der Waals surface area contributed by atoms with E-state index in [1.54, 1.807) is 0 Å². The van der Waals surface area contributed by atoms with E-state index in [1.807, 2.05) is 0 Å². The summed E-state index contributed by atoms with van der Waals surface area (Å²) in [6.07, 6.45) is 4.02. The predicted octanol–water partition coefficient (Wildman–Crippen LogP) is 3.79. The Morgan fingerprint density at radius 2 is 1.87 bits per heavy atom. The van der Waals surface area contributed by atoms with Crippen molar-refractivity contribution >= 4 is 11.8 Å². The average molecular weight is 231 g/mol. The Labute approximate surface area is 101 Å². The first kappa shape index (κ1) is 15.3. The molecule has 0 saturated carbocycles. The van der Waals surface area contributed by atoms with E-state index in [0.29, 0.717) is 0 Å². The summed E-state index contributed by atoms with van der Waals surface area (Å²) in [5.74, 6) is 4.30. The van der Waals surface area contributed by atoms with Crippen LogP contribution in [-0.4, -0.2) is 24.6 Å². The van der Waals surface area contributed by atoms with E-state index in [2.05, 4.69) is 44.8 Å². The molecule has 2 heteroatoms. The number of thioether (sulfide) groups is 1. The highest BCUT2D eigenvalue weighted by Crippen LogP contribution is 2.17. The van der Waals surface area contributed by atoms with Crippen LogP contribution in [0.15, 0.2) is 0 Å². The van der Waals surface area contributed by atoms with Crippen molar-refractivity contribution in [3.63, 3.8) is 0 Å². The summed E-state index contributed by atoms with van der Waals surface area (Å²) in [5, 5.41) is 3.51. The summed E-state index contributed by atoms with van der Waals surface area (Å²) in [4.78, 5) is 0. The predicted molar refractivity (Wildman–Crippen MR) is 73.7 cm³/mol. The van der Waals surface area contributed by atoms with Gasteiger partial charge in [-0.3, -0.25) is 0 Å². The van der Waals surface area contributed by atoms with E-state index in [-0.39, 0.29) is 0 Å². The molecule has 2 unspecified atom stereocenters. The van der Waals surface area contributed by atoms with Crippen molar-refractivity contribution in [1.29, 1.82) is 0 Å². The molecule has 0 bridgehead atoms. The molecular weight excluding hydrogens is 202 g/mol. The van der Waals surface area contributed by atoms with Crippen molar-refractivity contribution in [1.82, 2.24) is 5.32 Å². The second-order valence-electron chi connectivity index (χ2n) is 4.50. The van der Waals surface area contributed by atoms with Crippen molar-refractivity contribution in [3.05, 3.63) is 0 Å². The van der Waals surface area contributed by atoms with Crippen LogP contribution in [-0.2, 0) is 0 Å². The van der Waals surface area contributed by atoms with E-state index < -0.39 is 0 Å². The van der Waals surface area contributed by atoms with Gasteiger partial charge in [-0.1, -0.05) is 27.7 Å². The van der Waals surface area contributed by atoms with Crippen molar-refractivity contribution in [2.24, 2.45) is 11.8 Å². The molecule has 0 aliphatic rings. The standard InChI is InChI=1S/C13H29NS/c1-5-9-14-11-13(4)12(3)8-7-10-15-6-2/h12-14H,5-11H2,1-4H3. The Kier molecular flexibility index (Phi) is 11.0. The molecule has 92 valence electrons. The zero-order valence-electron chi connectivity index (χ0n) is 11.0. The van der Waals surface area contributed by atoms with Crippen molar-refractivity contribution in [3.8, 4) is 0 Å². The van der Waals surface area contributed by atoms with E-state index >= 15 is 0 Å². The molecule has 15 heavy (non-hydrogen) atoms. The van der Waals surface area contributed by atoms with Gasteiger partial charge in [0, 0.05) is 0 Å². The first-order valence-corrected chi connectivity index (χ1v) is 7.66. The van der Waals surface area contributed by atoms with Crippen molar-refractivity contribution in [2.75, 3.05) is 24.6 Å². The monoisotopic (exact) mass is 231 g/mol. The minimum atomic E-state index is 0.822. The van der Waals surface area contributed by atoms with E-state index in [1.165, 1.54) is 43.9 Å². The maximum atomic E-state index is 3.51. The van der Waals surface area contributed by atoms with Gasteiger partial charge in [0.2, 0.25) is 0 Å². The van der Waals surface area contributed by atoms with E-state index in [4.69, 9.17) is 0 Å². The summed E-state index contributed by atoms with van der Waals surface area (Å²) in [6.45, 7) is 11.6. The molecule has 0 radical (unpaired) electrons. The van der Waals surface area contributed by atoms with Crippen LogP contribution in [0.5, 0.6) is 0 Å². The van der Waals surface area contributed by atoms with Crippen LogP contribution in [0.2, 0.25) is 0 Å². The normalized spacial score (nSPS) is 15.2. The molecule has 0 aromatic carbocycles. The fourth-order valence-electron chi connectivity index (χ4n) is 1.64. The third-order valence-corrected chi connectivity index (χ3v) is 4.00. The molecule has 0 amide bonds. The van der Waals surface area contributed by atoms with Crippen LogP contribution in [0.3, 0.4) is 0 Å². The minimum Gasteiger partial charge on any atom is -0.316 e. The minimum absolute atomic E-state index is 0.822. The quantitative estimate of drug-likeness (QED) is 0.574. The molecule has 0 aliphatic carbocycles. The molecule has 0 rings (SSSR count). The SMILES string of the molecule is CCCNCC(C)C(C)CCCSCC. The molecule has 0 aromatic rings. The Bertz CT molecular complexity index is 128. The van der Waals surface area contributed by atoms with Crippen LogP contribution in [0.4, 0.5) is 0 Å². The van der Waals surface area contributed by atoms with Gasteiger partial charge < -0.3 is 5.32 Å². The second-order valence-corrected chi connectivity index (χ2v) is 5.89. The fraction of sp³-hybridized carbons (Fsp3) is 1.00. The largest absolute Gasteiger partial charge is 0.316 e. The van der Waals surface area contributed by atoms with E-state index in [9.17, 15) is 0 Å². The fourth-order valence-corrected chi connectivity index (χ4v) is 2.30. The zero-order chi connectivity index (χ0) is 11.5. The lowest BCUT2D eigenvalue weighted by Gasteiger charge is -2.20. The third kappa shape index (κ3) is 9.25. The van der Waals surface area contributed by atoms with Crippen LogP contribution in [0, 0.1) is 11.8 Å². The molecular formula is C13H29NS. The Balaban J connectivity index is 3.38. The lowest BCUT2D eigenvalue weighted by molar-refractivity contribution is 0.346. The first-order valence-electron chi connectivity index (χ1n) is 6.50. The molecule has 1 nitrogen and oxygen atoms in total. The first-order chi connectivity index (χ1) is 7.22. The van der Waals surface area contributed by atoms with Gasteiger partial charge in [0.1, 0.15) is 0 Å². The number of hydrogen-bond acceptors (Lipinski definition) is 2. The highest BCUT2D eigenvalue weighted by Gasteiger charge is 2.10. The van der Waals surface area contributed by atoms with Crippen molar-refractivity contribution in [2.45, 2.75) is 47.0 Å². The summed E-state index contributed by atoms with van der Waals surface area (Å²) in [7, 11) is 0. The van der Waals surface area contributed by atoms with Crippen molar-refractivity contribution < 1.29 is 0 Å². The van der Waals surface area contributed by atoms with Gasteiger partial charge in [-0.15, -0.1) is 0 Å². The van der Waals surface area contributed by atoms with Crippen LogP contribution in [0.25, 0.3) is 0 Å². The topological polar surface area (TPSA) is 12.0 Å². The molecule has 0 heterocycles. The molecule has 0 fully saturated rings. The highest BCUT2D eigenvalue weighted by molar-refractivity contribution is 7.99. The summed E-state index contributed by atoms with van der Waals surface area (Å²) >= 11 is 2.07. The Morgan fingerprint density at radius 3 is 2.47 bits per heavy atom. The molecule has 0 saturated heterocycles. The van der Waals surface area contributed by atoms with Gasteiger partial charge in [-0.2, -0.15) is 11.8 Å². The average Bonchev–Trinajstić information content (AvgIpc) is 2.24. The second kappa shape index (κ2) is 10.8. The molecule has 0 aromatic heterocycles. The smallest absolute Gasteiger partial charge is 0.00206 e. The van der Waals surface area contributed by atoms with Gasteiger partial charge in [0.15, 0.2) is 0 Å². The molecule has 0 spiro atoms. The lowest BCUT2D eigenvalue weighted by atomic mass is 9.92. The Hall–Kier alpha value is 0.310. The van der Waals surface area contributed by atoms with Gasteiger partial charge in [0.25, 0.3) is 0 Å². The number of nitrogens with one attached hydrogen (secondary N) is 1. The molecule has 2 atom stereocenters. The highest BCUT2D eigenvalue weighted by atomic mass is 32.2. The zero-order valence-corrected chi connectivity index (χ0v) is 11.8. The van der Waals surface area contributed by atoms with Crippen LogP contribution < -0.4 is 5.32 Å². The third-order valence-electron chi connectivity index (χ3n) is 3.02. The van der Waals surface area contributed by atoms with Gasteiger partial charge in [0.05, 0.1) is 0 Å². The van der Waals surface area contributed by atoms with Gasteiger partial charge >= 0.3 is 0 Å². The summed E-state index contributed by atoms with van der Waals surface area (Å²) in [5.41, 5.74) is 0. The van der Waals surface area contributed by atoms with Gasteiger partial charge in [-0.25, -0.2) is 0 Å². The van der Waals surface area contributed by atoms with E-state index in [0.717, 1.165) is 11.8 Å². The number of hydrogen-bond donors (Lipinski definition) is 1. The molecule has 1 N–H and O–H groups in total. The maximum absolute atomic E-state index is 3.51. The summed E-state index contributed by atoms with van der Waals surface area (Å²) in [6, 6.07) is 0. The number of rotatable bonds is 10. The van der Waals surface area contributed by atoms with Crippen LogP contribution in [0.1, 0.15) is 47.0 Å². The Morgan fingerprint density at radius 1 is 1.13 bits per heavy atom.